The summed E-state index contributed by atoms with van der Waals surface area (Å²) in [5.74, 6) is 0.105. The Morgan fingerprint density at radius 3 is 2.81 bits per heavy atom. The van der Waals surface area contributed by atoms with Gasteiger partial charge in [-0.1, -0.05) is 17.2 Å². The number of hydrogen-bond acceptors (Lipinski definition) is 7. The fourth-order valence-corrected chi connectivity index (χ4v) is 2.05. The van der Waals surface area contributed by atoms with Crippen LogP contribution in [-0.2, 0) is 11.3 Å². The first-order chi connectivity index (χ1) is 10.0. The average Bonchev–Trinajstić information content (AvgIpc) is 2.85. The van der Waals surface area contributed by atoms with Crippen LogP contribution in [0.15, 0.2) is 21.8 Å². The molecule has 0 aromatic carbocycles. The van der Waals surface area contributed by atoms with E-state index >= 15 is 0 Å². The van der Waals surface area contributed by atoms with E-state index in [1.165, 1.54) is 23.9 Å². The number of aryl methyl sites for hydroxylation is 1. The van der Waals surface area contributed by atoms with E-state index in [2.05, 4.69) is 25.2 Å². The molecule has 2 aromatic heterocycles. The highest BCUT2D eigenvalue weighted by atomic mass is 16.6. The van der Waals surface area contributed by atoms with Crippen LogP contribution in [0.4, 0.5) is 5.82 Å². The minimum atomic E-state index is -0.475. The third kappa shape index (κ3) is 3.15. The molecule has 2 rings (SSSR count). The Kier molecular flexibility index (Phi) is 4.46. The summed E-state index contributed by atoms with van der Waals surface area (Å²) in [5.41, 5.74) is 0.910. The number of Topliss-reactive ketones (excluding diaryl/α,β-unsaturated/α-hetero) is 1. The van der Waals surface area contributed by atoms with Crippen LogP contribution in [0, 0.1) is 6.92 Å². The fraction of sp³-hybridized carbons (Fsp3) is 0.462. The second kappa shape index (κ2) is 6.29. The molecule has 0 aliphatic heterocycles. The number of ketones is 1. The minimum absolute atomic E-state index is 0.0618. The van der Waals surface area contributed by atoms with Crippen LogP contribution in [0.3, 0.4) is 0 Å². The highest BCUT2D eigenvalue weighted by molar-refractivity contribution is 5.79. The number of aromatic nitrogens is 4. The first-order valence-electron chi connectivity index (χ1n) is 6.64. The number of nitrogens with one attached hydrogen (secondary N) is 1. The van der Waals surface area contributed by atoms with Crippen molar-refractivity contribution in [2.24, 2.45) is 0 Å². The predicted octanol–water partition coefficient (Wildman–Crippen LogP) is 1.09. The molecule has 2 aromatic rings. The fourth-order valence-electron chi connectivity index (χ4n) is 2.05. The van der Waals surface area contributed by atoms with Crippen molar-refractivity contribution in [3.8, 4) is 0 Å². The molecule has 112 valence electrons. The van der Waals surface area contributed by atoms with E-state index in [0.717, 1.165) is 0 Å². The van der Waals surface area contributed by atoms with Gasteiger partial charge in [0.25, 0.3) is 5.56 Å². The Morgan fingerprint density at radius 2 is 2.24 bits per heavy atom. The molecule has 0 radical (unpaired) electrons. The van der Waals surface area contributed by atoms with Crippen molar-refractivity contribution in [3.05, 3.63) is 34.1 Å². The molecule has 1 atom stereocenters. The van der Waals surface area contributed by atoms with E-state index in [0.29, 0.717) is 17.8 Å². The van der Waals surface area contributed by atoms with Crippen molar-refractivity contribution in [1.29, 1.82) is 0 Å². The van der Waals surface area contributed by atoms with E-state index in [1.54, 1.807) is 6.92 Å². The highest BCUT2D eigenvalue weighted by Crippen LogP contribution is 2.10. The second-order valence-corrected chi connectivity index (χ2v) is 4.67. The Morgan fingerprint density at radius 1 is 1.48 bits per heavy atom. The zero-order chi connectivity index (χ0) is 15.4. The molecule has 21 heavy (non-hydrogen) atoms. The van der Waals surface area contributed by atoms with Crippen molar-refractivity contribution >= 4 is 11.6 Å². The van der Waals surface area contributed by atoms with E-state index in [-0.39, 0.29) is 23.7 Å². The van der Waals surface area contributed by atoms with Gasteiger partial charge in [0, 0.05) is 12.4 Å². The molecule has 0 fully saturated rings. The lowest BCUT2D eigenvalue weighted by molar-refractivity contribution is -0.120. The lowest BCUT2D eigenvalue weighted by Gasteiger charge is -2.15. The molecule has 0 bridgehead atoms. The van der Waals surface area contributed by atoms with Crippen molar-refractivity contribution in [2.75, 3.05) is 5.32 Å². The average molecular weight is 291 g/mol. The van der Waals surface area contributed by atoms with Gasteiger partial charge in [-0.3, -0.25) is 9.59 Å². The van der Waals surface area contributed by atoms with Crippen LogP contribution >= 0.6 is 0 Å². The van der Waals surface area contributed by atoms with Gasteiger partial charge in [-0.05, 0) is 20.3 Å². The van der Waals surface area contributed by atoms with E-state index < -0.39 is 6.04 Å². The normalized spacial score (nSPS) is 12.1. The lowest BCUT2D eigenvalue weighted by atomic mass is 10.1. The van der Waals surface area contributed by atoms with Crippen molar-refractivity contribution in [3.63, 3.8) is 0 Å². The predicted molar refractivity (Wildman–Crippen MR) is 74.9 cm³/mol. The van der Waals surface area contributed by atoms with Crippen LogP contribution in [0.2, 0.25) is 0 Å². The molecule has 8 nitrogen and oxygen atoms in total. The molecule has 2 heterocycles. The van der Waals surface area contributed by atoms with E-state index in [4.69, 9.17) is 0 Å². The first kappa shape index (κ1) is 14.9. The molecule has 1 N–H and O–H groups in total. The van der Waals surface area contributed by atoms with Crippen LogP contribution in [0.1, 0.15) is 37.7 Å². The topological polar surface area (TPSA) is 103 Å². The molecule has 0 saturated heterocycles. The van der Waals surface area contributed by atoms with Gasteiger partial charge in [0.2, 0.25) is 0 Å². The molecular weight excluding hydrogens is 274 g/mol. The van der Waals surface area contributed by atoms with Gasteiger partial charge in [-0.25, -0.2) is 9.61 Å². The van der Waals surface area contributed by atoms with Crippen LogP contribution in [0.5, 0.6) is 0 Å². The third-order valence-corrected chi connectivity index (χ3v) is 3.23. The zero-order valence-electron chi connectivity index (χ0n) is 12.2. The summed E-state index contributed by atoms with van der Waals surface area (Å²) >= 11 is 0. The molecule has 0 spiro atoms. The van der Waals surface area contributed by atoms with Gasteiger partial charge in [0.05, 0.1) is 12.6 Å². The maximum absolute atomic E-state index is 12.3. The molecule has 1 unspecified atom stereocenters. The Balaban J connectivity index is 2.24. The minimum Gasteiger partial charge on any atom is -0.360 e. The van der Waals surface area contributed by atoms with E-state index in [9.17, 15) is 9.59 Å². The summed E-state index contributed by atoms with van der Waals surface area (Å²) in [6, 6.07) is -0.475. The Hall–Kier alpha value is -2.51. The SMILES string of the molecule is CCC(C(C)=O)n1ccnc(NCc2nonc2C)c1=O. The van der Waals surface area contributed by atoms with Crippen LogP contribution < -0.4 is 10.9 Å². The zero-order valence-corrected chi connectivity index (χ0v) is 12.2. The molecular formula is C13H17N5O3. The maximum atomic E-state index is 12.3. The summed E-state index contributed by atoms with van der Waals surface area (Å²) in [6.07, 6.45) is 3.56. The smallest absolute Gasteiger partial charge is 0.293 e. The lowest BCUT2D eigenvalue weighted by Crippen LogP contribution is -2.30. The summed E-state index contributed by atoms with van der Waals surface area (Å²) in [7, 11) is 0. The van der Waals surface area contributed by atoms with E-state index in [1.807, 2.05) is 6.92 Å². The Labute approximate surface area is 121 Å². The van der Waals surface area contributed by atoms with Crippen molar-refractivity contribution < 1.29 is 9.42 Å². The van der Waals surface area contributed by atoms with Gasteiger partial charge in [0.1, 0.15) is 11.4 Å². The number of nitrogens with zero attached hydrogens (tertiary/aromatic N) is 4. The largest absolute Gasteiger partial charge is 0.360 e. The monoisotopic (exact) mass is 291 g/mol. The van der Waals surface area contributed by atoms with Gasteiger partial charge >= 0.3 is 0 Å². The third-order valence-electron chi connectivity index (χ3n) is 3.23. The van der Waals surface area contributed by atoms with Crippen LogP contribution in [0.25, 0.3) is 0 Å². The molecule has 0 aliphatic carbocycles. The van der Waals surface area contributed by atoms with Gasteiger partial charge in [-0.2, -0.15) is 0 Å². The molecule has 0 amide bonds. The van der Waals surface area contributed by atoms with Gasteiger partial charge < -0.3 is 9.88 Å². The quantitative estimate of drug-likeness (QED) is 0.849. The van der Waals surface area contributed by atoms with Gasteiger partial charge in [-0.15, -0.1) is 0 Å². The standard InChI is InChI=1S/C13H17N5O3/c1-4-11(9(3)19)18-6-5-14-12(13(18)20)15-7-10-8(2)16-21-17-10/h5-6,11H,4,7H2,1-3H3,(H,14,15). The summed E-state index contributed by atoms with van der Waals surface area (Å²) in [4.78, 5) is 28.0. The second-order valence-electron chi connectivity index (χ2n) is 4.67. The number of rotatable bonds is 6. The van der Waals surface area contributed by atoms with Crippen molar-refractivity contribution in [2.45, 2.75) is 39.8 Å². The number of carbonyl (C=O) groups excluding carboxylic acids is 1. The van der Waals surface area contributed by atoms with Crippen LogP contribution in [-0.4, -0.2) is 25.6 Å². The Bertz CT molecular complexity index is 691. The van der Waals surface area contributed by atoms with Crippen molar-refractivity contribution in [1.82, 2.24) is 19.9 Å². The summed E-state index contributed by atoms with van der Waals surface area (Å²) < 4.78 is 5.98. The first-order valence-corrected chi connectivity index (χ1v) is 6.64. The number of carbonyl (C=O) groups is 1. The molecule has 0 saturated carbocycles. The maximum Gasteiger partial charge on any atom is 0.293 e. The highest BCUT2D eigenvalue weighted by Gasteiger charge is 2.17. The summed E-state index contributed by atoms with van der Waals surface area (Å²) in [5, 5.41) is 10.3. The number of anilines is 1. The number of hydrogen-bond donors (Lipinski definition) is 1. The summed E-state index contributed by atoms with van der Waals surface area (Å²) in [6.45, 7) is 5.36. The molecule has 0 aliphatic rings. The molecule has 8 heteroatoms. The van der Waals surface area contributed by atoms with Gasteiger partial charge in [0.15, 0.2) is 11.6 Å².